The van der Waals surface area contributed by atoms with Crippen LogP contribution in [0.2, 0.25) is 5.02 Å². The van der Waals surface area contributed by atoms with Gasteiger partial charge in [0.15, 0.2) is 5.82 Å². The van der Waals surface area contributed by atoms with Gasteiger partial charge in [0.2, 0.25) is 11.9 Å². The van der Waals surface area contributed by atoms with Crippen LogP contribution in [0.5, 0.6) is 0 Å². The van der Waals surface area contributed by atoms with Crippen LogP contribution in [0.4, 0.5) is 17.7 Å². The van der Waals surface area contributed by atoms with Gasteiger partial charge in [-0.15, -0.1) is 5.10 Å². The highest BCUT2D eigenvalue weighted by Gasteiger charge is 2.21. The van der Waals surface area contributed by atoms with Crippen LogP contribution in [0.15, 0.2) is 48.9 Å². The second-order valence-electron chi connectivity index (χ2n) is 6.47. The smallest absolute Gasteiger partial charge is 0.247 e. The zero-order valence-electron chi connectivity index (χ0n) is 15.4. The Kier molecular flexibility index (Phi) is 5.77. The molecule has 0 unspecified atom stereocenters. The Morgan fingerprint density at radius 1 is 0.929 bits per heavy atom. The van der Waals surface area contributed by atoms with E-state index >= 15 is 0 Å². The van der Waals surface area contributed by atoms with Gasteiger partial charge in [-0.1, -0.05) is 23.7 Å². The predicted molar refractivity (Wildman–Crippen MR) is 110 cm³/mol. The number of halogens is 1. The van der Waals surface area contributed by atoms with Crippen LogP contribution in [-0.4, -0.2) is 57.9 Å². The Balaban J connectivity index is 1.31. The average molecular weight is 397 g/mol. The van der Waals surface area contributed by atoms with Gasteiger partial charge in [0.25, 0.3) is 0 Å². The van der Waals surface area contributed by atoms with Crippen LogP contribution in [-0.2, 0) is 6.42 Å². The number of hydrogen-bond donors (Lipinski definition) is 1. The van der Waals surface area contributed by atoms with Gasteiger partial charge >= 0.3 is 0 Å². The molecule has 0 amide bonds. The lowest BCUT2D eigenvalue weighted by atomic mass is 10.1. The van der Waals surface area contributed by atoms with E-state index in [0.29, 0.717) is 5.95 Å². The summed E-state index contributed by atoms with van der Waals surface area (Å²) in [5.41, 5.74) is 1.22. The van der Waals surface area contributed by atoms with E-state index in [1.807, 2.05) is 30.3 Å². The van der Waals surface area contributed by atoms with Crippen LogP contribution >= 0.6 is 11.6 Å². The van der Waals surface area contributed by atoms with Gasteiger partial charge < -0.3 is 15.1 Å². The van der Waals surface area contributed by atoms with Crippen LogP contribution in [0.3, 0.4) is 0 Å². The molecule has 3 aromatic rings. The topological polar surface area (TPSA) is 83.0 Å². The number of nitrogens with zero attached hydrogens (tertiary/aromatic N) is 7. The first kappa shape index (κ1) is 18.4. The van der Waals surface area contributed by atoms with Crippen molar-refractivity contribution in [2.75, 3.05) is 47.8 Å². The molecule has 0 spiro atoms. The van der Waals surface area contributed by atoms with Gasteiger partial charge in [0.05, 0.1) is 6.20 Å². The van der Waals surface area contributed by atoms with E-state index in [1.165, 1.54) is 5.56 Å². The third kappa shape index (κ3) is 4.64. The van der Waals surface area contributed by atoms with Crippen LogP contribution in [0.1, 0.15) is 5.56 Å². The maximum absolute atomic E-state index is 5.92. The van der Waals surface area contributed by atoms with Gasteiger partial charge in [0.1, 0.15) is 0 Å². The minimum atomic E-state index is 0.644. The van der Waals surface area contributed by atoms with Crippen molar-refractivity contribution in [2.24, 2.45) is 0 Å². The van der Waals surface area contributed by atoms with E-state index < -0.39 is 0 Å². The molecule has 9 heteroatoms. The Morgan fingerprint density at radius 2 is 1.61 bits per heavy atom. The molecule has 0 radical (unpaired) electrons. The first-order chi connectivity index (χ1) is 13.8. The lowest BCUT2D eigenvalue weighted by Crippen LogP contribution is -2.47. The van der Waals surface area contributed by atoms with Crippen molar-refractivity contribution < 1.29 is 0 Å². The van der Waals surface area contributed by atoms with Crippen molar-refractivity contribution in [3.8, 4) is 0 Å². The zero-order valence-corrected chi connectivity index (χ0v) is 16.1. The number of hydrogen-bond acceptors (Lipinski definition) is 8. The molecule has 1 aliphatic heterocycles. The molecule has 0 aliphatic carbocycles. The molecule has 0 atom stereocenters. The molecule has 4 rings (SSSR count). The number of rotatable bonds is 6. The summed E-state index contributed by atoms with van der Waals surface area (Å²) in [6.45, 7) is 4.00. The summed E-state index contributed by atoms with van der Waals surface area (Å²) in [4.78, 5) is 17.5. The highest BCUT2D eigenvalue weighted by molar-refractivity contribution is 6.30. The third-order valence-electron chi connectivity index (χ3n) is 4.58. The quantitative estimate of drug-likeness (QED) is 0.679. The normalized spacial score (nSPS) is 14.2. The maximum Gasteiger partial charge on any atom is 0.247 e. The standard InChI is InChI=1S/C19H21ClN8/c20-16-4-2-15(3-5-16)6-9-21-17-14-24-26-19(25-17)28-12-10-27(11-13-28)18-22-7-1-8-23-18/h1-5,7-8,14H,6,9-13H2,(H,21,25,26). The SMILES string of the molecule is Clc1ccc(CCNc2cnnc(N3CCN(c4ncccn4)CC3)n2)cc1. The third-order valence-corrected chi connectivity index (χ3v) is 4.83. The number of aromatic nitrogens is 5. The van der Waals surface area contributed by atoms with Crippen molar-refractivity contribution >= 4 is 29.3 Å². The monoisotopic (exact) mass is 396 g/mol. The number of benzene rings is 1. The van der Waals surface area contributed by atoms with Crippen molar-refractivity contribution in [3.63, 3.8) is 0 Å². The summed E-state index contributed by atoms with van der Waals surface area (Å²) in [5.74, 6) is 2.14. The average Bonchev–Trinajstić information content (AvgIpc) is 2.76. The van der Waals surface area contributed by atoms with E-state index in [9.17, 15) is 0 Å². The summed E-state index contributed by atoms with van der Waals surface area (Å²) >= 11 is 5.92. The molecule has 1 aliphatic rings. The second kappa shape index (κ2) is 8.79. The first-order valence-corrected chi connectivity index (χ1v) is 9.61. The molecule has 0 saturated carbocycles. The first-order valence-electron chi connectivity index (χ1n) is 9.23. The van der Waals surface area contributed by atoms with E-state index in [1.54, 1.807) is 18.6 Å². The van der Waals surface area contributed by atoms with Crippen molar-refractivity contribution in [3.05, 3.63) is 59.5 Å². The lowest BCUT2D eigenvalue weighted by Gasteiger charge is -2.34. The van der Waals surface area contributed by atoms with Gasteiger partial charge in [-0.2, -0.15) is 10.1 Å². The molecular formula is C19H21ClN8. The van der Waals surface area contributed by atoms with Gasteiger partial charge in [-0.05, 0) is 30.2 Å². The summed E-state index contributed by atoms with van der Waals surface area (Å²) in [6.07, 6.45) is 6.06. The summed E-state index contributed by atoms with van der Waals surface area (Å²) in [5, 5.41) is 12.4. The zero-order chi connectivity index (χ0) is 19.2. The number of nitrogens with one attached hydrogen (secondary N) is 1. The molecule has 3 heterocycles. The Hall–Kier alpha value is -3.00. The second-order valence-corrected chi connectivity index (χ2v) is 6.90. The van der Waals surface area contributed by atoms with Crippen LogP contribution in [0.25, 0.3) is 0 Å². The minimum absolute atomic E-state index is 0.644. The largest absolute Gasteiger partial charge is 0.368 e. The van der Waals surface area contributed by atoms with Crippen molar-refractivity contribution in [2.45, 2.75) is 6.42 Å². The number of anilines is 3. The molecular weight excluding hydrogens is 376 g/mol. The minimum Gasteiger partial charge on any atom is -0.368 e. The van der Waals surface area contributed by atoms with Crippen molar-refractivity contribution in [1.29, 1.82) is 0 Å². The van der Waals surface area contributed by atoms with E-state index in [-0.39, 0.29) is 0 Å². The van der Waals surface area contributed by atoms with Crippen LogP contribution < -0.4 is 15.1 Å². The molecule has 0 bridgehead atoms. The molecule has 2 aromatic heterocycles. The Morgan fingerprint density at radius 3 is 2.32 bits per heavy atom. The fourth-order valence-electron chi connectivity index (χ4n) is 3.06. The predicted octanol–water partition coefficient (Wildman–Crippen LogP) is 2.30. The molecule has 1 fully saturated rings. The maximum atomic E-state index is 5.92. The molecule has 8 nitrogen and oxygen atoms in total. The summed E-state index contributed by atoms with van der Waals surface area (Å²) in [6, 6.07) is 9.70. The van der Waals surface area contributed by atoms with Gasteiger partial charge in [-0.3, -0.25) is 0 Å². The molecule has 1 saturated heterocycles. The van der Waals surface area contributed by atoms with E-state index in [4.69, 9.17) is 11.6 Å². The van der Waals surface area contributed by atoms with E-state index in [2.05, 4.69) is 40.3 Å². The summed E-state index contributed by atoms with van der Waals surface area (Å²) < 4.78 is 0. The molecule has 144 valence electrons. The Bertz CT molecular complexity index is 882. The highest BCUT2D eigenvalue weighted by atomic mass is 35.5. The molecule has 1 N–H and O–H groups in total. The lowest BCUT2D eigenvalue weighted by molar-refractivity contribution is 0.623. The fourth-order valence-corrected chi connectivity index (χ4v) is 3.19. The molecule has 28 heavy (non-hydrogen) atoms. The summed E-state index contributed by atoms with van der Waals surface area (Å²) in [7, 11) is 0. The van der Waals surface area contributed by atoms with Crippen LogP contribution in [0, 0.1) is 0 Å². The van der Waals surface area contributed by atoms with Crippen molar-refractivity contribution in [1.82, 2.24) is 25.1 Å². The number of piperazine rings is 1. The fraction of sp³-hybridized carbons (Fsp3) is 0.316. The molecule has 1 aromatic carbocycles. The highest BCUT2D eigenvalue weighted by Crippen LogP contribution is 2.15. The van der Waals surface area contributed by atoms with Gasteiger partial charge in [0, 0.05) is 50.1 Å². The van der Waals surface area contributed by atoms with Gasteiger partial charge in [-0.25, -0.2) is 9.97 Å². The Labute approximate surface area is 168 Å². The van der Waals surface area contributed by atoms with E-state index in [0.717, 1.165) is 55.9 Å².